The second kappa shape index (κ2) is 2.31. The first kappa shape index (κ1) is 9.71. The van der Waals surface area contributed by atoms with Crippen molar-refractivity contribution >= 4 is 11.6 Å². The number of ketones is 2. The van der Waals surface area contributed by atoms with Gasteiger partial charge in [-0.25, -0.2) is 0 Å². The first-order valence-corrected chi connectivity index (χ1v) is 6.98. The van der Waals surface area contributed by atoms with Gasteiger partial charge in [0.1, 0.15) is 11.6 Å². The molecule has 2 nitrogen and oxygen atoms in total. The molecule has 18 heavy (non-hydrogen) atoms. The number of allylic oxidation sites excluding steroid dienone is 4. The molecule has 0 aromatic rings. The molecular weight excluding hydrogens is 224 g/mol. The molecule has 6 rings (SSSR count). The lowest BCUT2D eigenvalue weighted by molar-refractivity contribution is -0.150. The lowest BCUT2D eigenvalue weighted by atomic mass is 9.50. The van der Waals surface area contributed by atoms with E-state index in [-0.39, 0.29) is 22.4 Å². The number of hydrogen-bond donors (Lipinski definition) is 0. The average molecular weight is 240 g/mol. The van der Waals surface area contributed by atoms with E-state index >= 15 is 0 Å². The third-order valence-corrected chi connectivity index (χ3v) is 7.11. The van der Waals surface area contributed by atoms with Crippen LogP contribution in [0.15, 0.2) is 24.3 Å². The maximum atomic E-state index is 12.5. The summed E-state index contributed by atoms with van der Waals surface area (Å²) in [5, 5.41) is 0. The van der Waals surface area contributed by atoms with E-state index in [2.05, 4.69) is 24.3 Å². The average Bonchev–Trinajstić information content (AvgIpc) is 3.07. The Kier molecular flexibility index (Phi) is 1.24. The Hall–Kier alpha value is -1.18. The molecule has 0 aliphatic heterocycles. The van der Waals surface area contributed by atoms with E-state index in [0.717, 1.165) is 0 Å². The van der Waals surface area contributed by atoms with E-state index < -0.39 is 0 Å². The number of carbonyl (C=O) groups is 2. The standard InChI is InChI=1S/C16H16O2/c1-7(17)15-9-3-5-11-13(9)14-10(15)4-6-12(14)16(11,15)8(2)18/h3-6,9-14H,1-2H3/t9-,10+,11-,12+,13?,14?,15?,16?. The van der Waals surface area contributed by atoms with Crippen LogP contribution in [0.3, 0.4) is 0 Å². The van der Waals surface area contributed by atoms with Gasteiger partial charge < -0.3 is 0 Å². The topological polar surface area (TPSA) is 34.1 Å². The summed E-state index contributed by atoms with van der Waals surface area (Å²) in [6.45, 7) is 3.44. The summed E-state index contributed by atoms with van der Waals surface area (Å²) >= 11 is 0. The molecule has 0 aromatic heterocycles. The number of hydrogen-bond acceptors (Lipinski definition) is 2. The SMILES string of the molecule is CC(=O)C12[C@@H]3C=C[C@@H]4C3C3[C@@H]1C=C[C@@H]3C42C(C)=O. The van der Waals surface area contributed by atoms with Gasteiger partial charge in [0.2, 0.25) is 0 Å². The van der Waals surface area contributed by atoms with Crippen molar-refractivity contribution in [3.8, 4) is 0 Å². The van der Waals surface area contributed by atoms with Crippen LogP contribution in [0.5, 0.6) is 0 Å². The molecule has 8 bridgehead atoms. The van der Waals surface area contributed by atoms with Crippen molar-refractivity contribution in [2.75, 3.05) is 0 Å². The summed E-state index contributed by atoms with van der Waals surface area (Å²) in [4.78, 5) is 25.1. The molecule has 4 fully saturated rings. The van der Waals surface area contributed by atoms with Gasteiger partial charge in [0, 0.05) is 0 Å². The second-order valence-corrected chi connectivity index (χ2v) is 6.88. The van der Waals surface area contributed by atoms with Gasteiger partial charge in [-0.1, -0.05) is 24.3 Å². The maximum absolute atomic E-state index is 12.5. The summed E-state index contributed by atoms with van der Waals surface area (Å²) in [6.07, 6.45) is 9.00. The normalized spacial score (nSPS) is 63.4. The van der Waals surface area contributed by atoms with Gasteiger partial charge in [-0.15, -0.1) is 0 Å². The molecule has 6 aliphatic carbocycles. The van der Waals surface area contributed by atoms with Crippen LogP contribution in [0, 0.1) is 46.3 Å². The van der Waals surface area contributed by atoms with Crippen LogP contribution in [-0.2, 0) is 9.59 Å². The Morgan fingerprint density at radius 1 is 0.722 bits per heavy atom. The van der Waals surface area contributed by atoms with E-state index in [0.29, 0.717) is 35.5 Å². The predicted octanol–water partition coefficient (Wildman–Crippen LogP) is 2.01. The molecule has 0 spiro atoms. The molecule has 0 N–H and O–H groups in total. The molecule has 6 atom stereocenters. The zero-order valence-corrected chi connectivity index (χ0v) is 10.6. The molecule has 2 unspecified atom stereocenters. The third kappa shape index (κ3) is 0.519. The third-order valence-electron chi connectivity index (χ3n) is 7.11. The molecular formula is C16H16O2. The van der Waals surface area contributed by atoms with Gasteiger partial charge in [0.25, 0.3) is 0 Å². The molecule has 4 saturated carbocycles. The first-order chi connectivity index (χ1) is 8.59. The van der Waals surface area contributed by atoms with E-state index in [9.17, 15) is 9.59 Å². The van der Waals surface area contributed by atoms with Crippen molar-refractivity contribution in [1.82, 2.24) is 0 Å². The summed E-state index contributed by atoms with van der Waals surface area (Å²) in [5.74, 6) is 3.06. The molecule has 92 valence electrons. The molecule has 2 heteroatoms. The van der Waals surface area contributed by atoms with Crippen molar-refractivity contribution in [2.24, 2.45) is 46.3 Å². The summed E-state index contributed by atoms with van der Waals surface area (Å²) < 4.78 is 0. The zero-order valence-electron chi connectivity index (χ0n) is 10.6. The van der Waals surface area contributed by atoms with Crippen LogP contribution in [0.4, 0.5) is 0 Å². The van der Waals surface area contributed by atoms with E-state index in [1.165, 1.54) is 0 Å². The molecule has 0 radical (unpaired) electrons. The van der Waals surface area contributed by atoms with Gasteiger partial charge in [0.05, 0.1) is 10.8 Å². The highest BCUT2D eigenvalue weighted by molar-refractivity contribution is 5.99. The van der Waals surface area contributed by atoms with Crippen LogP contribution in [0.2, 0.25) is 0 Å². The smallest absolute Gasteiger partial charge is 0.138 e. The van der Waals surface area contributed by atoms with E-state index in [1.54, 1.807) is 13.8 Å². The van der Waals surface area contributed by atoms with Crippen molar-refractivity contribution in [2.45, 2.75) is 13.8 Å². The summed E-state index contributed by atoms with van der Waals surface area (Å²) in [6, 6.07) is 0. The van der Waals surface area contributed by atoms with Gasteiger partial charge >= 0.3 is 0 Å². The number of rotatable bonds is 2. The fourth-order valence-electron chi connectivity index (χ4n) is 7.29. The van der Waals surface area contributed by atoms with Crippen LogP contribution in [-0.4, -0.2) is 11.6 Å². The van der Waals surface area contributed by atoms with E-state index in [4.69, 9.17) is 0 Å². The molecule has 0 aromatic carbocycles. The number of carbonyl (C=O) groups excluding carboxylic acids is 2. The molecule has 0 saturated heterocycles. The summed E-state index contributed by atoms with van der Waals surface area (Å²) in [7, 11) is 0. The Balaban J connectivity index is 1.94. The number of Topliss-reactive ketones (excluding diaryl/α,β-unsaturated/α-hetero) is 2. The largest absolute Gasteiger partial charge is 0.299 e. The van der Waals surface area contributed by atoms with Crippen LogP contribution in [0.25, 0.3) is 0 Å². The minimum Gasteiger partial charge on any atom is -0.299 e. The molecule has 6 aliphatic rings. The summed E-state index contributed by atoms with van der Waals surface area (Å²) in [5.41, 5.74) is -0.736. The van der Waals surface area contributed by atoms with E-state index in [1.807, 2.05) is 0 Å². The van der Waals surface area contributed by atoms with Crippen molar-refractivity contribution in [3.05, 3.63) is 24.3 Å². The van der Waals surface area contributed by atoms with Crippen molar-refractivity contribution in [1.29, 1.82) is 0 Å². The van der Waals surface area contributed by atoms with Gasteiger partial charge in [-0.05, 0) is 49.4 Å². The van der Waals surface area contributed by atoms with Crippen LogP contribution < -0.4 is 0 Å². The van der Waals surface area contributed by atoms with Crippen LogP contribution in [0.1, 0.15) is 13.8 Å². The maximum Gasteiger partial charge on any atom is 0.138 e. The van der Waals surface area contributed by atoms with Gasteiger partial charge in [0.15, 0.2) is 0 Å². The van der Waals surface area contributed by atoms with Crippen molar-refractivity contribution in [3.63, 3.8) is 0 Å². The predicted molar refractivity (Wildman–Crippen MR) is 65.4 cm³/mol. The Morgan fingerprint density at radius 2 is 1.00 bits per heavy atom. The fraction of sp³-hybridized carbons (Fsp3) is 0.625. The highest BCUT2D eigenvalue weighted by Gasteiger charge is 2.91. The highest BCUT2D eigenvalue weighted by atomic mass is 16.1. The second-order valence-electron chi connectivity index (χ2n) is 6.88. The Morgan fingerprint density at radius 3 is 1.22 bits per heavy atom. The molecule has 0 amide bonds. The van der Waals surface area contributed by atoms with Crippen LogP contribution >= 0.6 is 0 Å². The Bertz CT molecular complexity index is 502. The van der Waals surface area contributed by atoms with Gasteiger partial charge in [-0.3, -0.25) is 9.59 Å². The van der Waals surface area contributed by atoms with Gasteiger partial charge in [-0.2, -0.15) is 0 Å². The highest BCUT2D eigenvalue weighted by Crippen LogP contribution is 2.89. The lowest BCUT2D eigenvalue weighted by Gasteiger charge is -2.49. The lowest BCUT2D eigenvalue weighted by Crippen LogP contribution is -2.56. The first-order valence-electron chi connectivity index (χ1n) is 6.98. The Labute approximate surface area is 106 Å². The monoisotopic (exact) mass is 240 g/mol. The van der Waals surface area contributed by atoms with Crippen molar-refractivity contribution < 1.29 is 9.59 Å². The minimum absolute atomic E-state index is 0.263. The minimum atomic E-state index is -0.368. The quantitative estimate of drug-likeness (QED) is 0.692. The zero-order chi connectivity index (χ0) is 12.4. The molecule has 0 heterocycles. The fourth-order valence-corrected chi connectivity index (χ4v) is 7.29.